The molecule has 1 heterocycles. The molecule has 0 atom stereocenters. The van der Waals surface area contributed by atoms with Gasteiger partial charge in [-0.05, 0) is 25.7 Å². The van der Waals surface area contributed by atoms with Crippen LogP contribution in [0, 0.1) is 12.1 Å². The molecular weight excluding hydrogens is 607 g/mol. The van der Waals surface area contributed by atoms with Gasteiger partial charge in [0.1, 0.15) is 0 Å². The summed E-state index contributed by atoms with van der Waals surface area (Å²) >= 11 is 2.50. The molecule has 1 aliphatic rings. The van der Waals surface area contributed by atoms with Crippen molar-refractivity contribution in [3.05, 3.63) is 58.9 Å². The predicted octanol–water partition coefficient (Wildman–Crippen LogP) is -0.893. The molecular formula is C28H32K2O8S2. The number of carbonyl (C=O) groups excluding carboxylic acids is 4. The van der Waals surface area contributed by atoms with E-state index >= 15 is 0 Å². The third-order valence-corrected chi connectivity index (χ3v) is 7.42. The van der Waals surface area contributed by atoms with Crippen molar-refractivity contribution in [2.75, 3.05) is 26.4 Å². The normalized spacial score (nSPS) is 11.6. The summed E-state index contributed by atoms with van der Waals surface area (Å²) in [6.07, 6.45) is 3.99. The molecule has 8 nitrogen and oxygen atoms in total. The van der Waals surface area contributed by atoms with E-state index < -0.39 is 23.9 Å². The summed E-state index contributed by atoms with van der Waals surface area (Å²) in [7, 11) is 0. The van der Waals surface area contributed by atoms with Crippen molar-refractivity contribution < 1.29 is 141 Å². The average molecular weight is 639 g/mol. The van der Waals surface area contributed by atoms with E-state index in [2.05, 4.69) is 46.1 Å². The second kappa shape index (κ2) is 21.1. The molecule has 0 bridgehead atoms. The Morgan fingerprint density at radius 1 is 0.775 bits per heavy atom. The van der Waals surface area contributed by atoms with Crippen molar-refractivity contribution in [2.45, 2.75) is 61.7 Å². The van der Waals surface area contributed by atoms with Crippen LogP contribution in [0.25, 0.3) is 0 Å². The largest absolute Gasteiger partial charge is 1.00 e. The monoisotopic (exact) mass is 638 g/mol. The van der Waals surface area contributed by atoms with Crippen molar-refractivity contribution in [3.63, 3.8) is 0 Å². The number of esters is 4. The van der Waals surface area contributed by atoms with E-state index in [1.54, 1.807) is 0 Å². The van der Waals surface area contributed by atoms with Gasteiger partial charge in [0.15, 0.2) is 5.57 Å². The Kier molecular flexibility index (Phi) is 21.2. The minimum atomic E-state index is -0.795. The predicted molar refractivity (Wildman–Crippen MR) is 144 cm³/mol. The van der Waals surface area contributed by atoms with Crippen molar-refractivity contribution in [2.24, 2.45) is 0 Å². The summed E-state index contributed by atoms with van der Waals surface area (Å²) in [5.41, 5.74) is 0.641. The van der Waals surface area contributed by atoms with Gasteiger partial charge in [0.2, 0.25) is 0 Å². The maximum absolute atomic E-state index is 13.0. The van der Waals surface area contributed by atoms with E-state index in [0.29, 0.717) is 29.9 Å². The zero-order chi connectivity index (χ0) is 28.1. The molecule has 1 aromatic rings. The standard InChI is InChI=1S/C28H32O8S2.2K/c1-6-22(29)33-14-8-10-16-35-25(31)24(26(32)36-17-11-9-15-34-23(30)7-2)27-37-20-13-12-19(28(3,4)5)18-21(20)38-27;;/h6-7,12H,1-2,8-11,14-17H2,3-5H3;;/q-2;2*+1. The fraction of sp³-hybridized carbons (Fsp3) is 0.429. The second-order valence-electron chi connectivity index (χ2n) is 9.03. The molecule has 0 spiro atoms. The average Bonchev–Trinajstić information content (AvgIpc) is 3.29. The first-order chi connectivity index (χ1) is 18.1. The van der Waals surface area contributed by atoms with Gasteiger partial charge in [0, 0.05) is 16.4 Å². The van der Waals surface area contributed by atoms with Gasteiger partial charge in [-0.15, -0.1) is 0 Å². The minimum absolute atomic E-state index is 0. The summed E-state index contributed by atoms with van der Waals surface area (Å²) in [4.78, 5) is 49.7. The van der Waals surface area contributed by atoms with E-state index in [1.807, 2.05) is 6.07 Å². The van der Waals surface area contributed by atoms with Crippen LogP contribution in [0.3, 0.4) is 0 Å². The van der Waals surface area contributed by atoms with Gasteiger partial charge in [0.05, 0.1) is 26.4 Å². The number of thioether (sulfide) groups is 2. The maximum atomic E-state index is 13.0. The third kappa shape index (κ3) is 14.2. The van der Waals surface area contributed by atoms with E-state index in [9.17, 15) is 19.2 Å². The number of hydrogen-bond acceptors (Lipinski definition) is 10. The van der Waals surface area contributed by atoms with Gasteiger partial charge in [-0.2, -0.15) is 33.3 Å². The number of benzene rings is 1. The zero-order valence-electron chi connectivity index (χ0n) is 23.9. The summed E-state index contributed by atoms with van der Waals surface area (Å²) in [5, 5.41) is 0. The molecule has 2 rings (SSSR count). The van der Waals surface area contributed by atoms with Crippen molar-refractivity contribution in [3.8, 4) is 0 Å². The van der Waals surface area contributed by atoms with Crippen LogP contribution in [0.5, 0.6) is 0 Å². The van der Waals surface area contributed by atoms with E-state index in [1.165, 1.54) is 23.5 Å². The van der Waals surface area contributed by atoms with Gasteiger partial charge in [0.25, 0.3) is 0 Å². The maximum Gasteiger partial charge on any atom is 1.00 e. The Balaban J connectivity index is 0.00000760. The van der Waals surface area contributed by atoms with E-state index in [0.717, 1.165) is 27.5 Å². The van der Waals surface area contributed by atoms with Crippen LogP contribution < -0.4 is 103 Å². The summed E-state index contributed by atoms with van der Waals surface area (Å²) in [6, 6.07) is 8.45. The molecule has 0 amide bonds. The molecule has 12 heteroatoms. The van der Waals surface area contributed by atoms with Crippen LogP contribution >= 0.6 is 23.5 Å². The Bertz CT molecular complexity index is 1050. The molecule has 0 radical (unpaired) electrons. The van der Waals surface area contributed by atoms with Gasteiger partial charge >= 0.3 is 127 Å². The number of unbranched alkanes of at least 4 members (excludes halogenated alkanes) is 2. The molecule has 0 saturated heterocycles. The zero-order valence-corrected chi connectivity index (χ0v) is 31.8. The Morgan fingerprint density at radius 2 is 1.20 bits per heavy atom. The first-order valence-electron chi connectivity index (χ1n) is 12.1. The summed E-state index contributed by atoms with van der Waals surface area (Å²) in [5.74, 6) is -2.63. The molecule has 206 valence electrons. The van der Waals surface area contributed by atoms with Crippen LogP contribution in [0.15, 0.2) is 51.0 Å². The third-order valence-electron chi connectivity index (χ3n) is 4.98. The molecule has 0 fully saturated rings. The van der Waals surface area contributed by atoms with Crippen LogP contribution in [-0.4, -0.2) is 50.3 Å². The Labute approximate surface area is 330 Å². The number of rotatable bonds is 14. The SMILES string of the molecule is C=CC(=O)OCCCCOC(=O)C(C(=O)OCCCCOC(=O)C=C)=C1Sc2[c-]cc(C(C)(C)C)[c-]c2S1.[K+].[K+]. The van der Waals surface area contributed by atoms with Gasteiger partial charge in [-0.25, -0.2) is 19.2 Å². The number of ether oxygens (including phenoxy) is 4. The van der Waals surface area contributed by atoms with Crippen LogP contribution in [0.4, 0.5) is 0 Å². The van der Waals surface area contributed by atoms with Gasteiger partial charge in [-0.3, -0.25) is 11.6 Å². The number of fused-ring (bicyclic) bond motifs is 1. The fourth-order valence-corrected chi connectivity index (χ4v) is 5.27. The fourth-order valence-electron chi connectivity index (χ4n) is 2.87. The smallest absolute Gasteiger partial charge is 0.463 e. The van der Waals surface area contributed by atoms with E-state index in [-0.39, 0.29) is 140 Å². The topological polar surface area (TPSA) is 105 Å². The van der Waals surface area contributed by atoms with Crippen molar-refractivity contribution in [1.29, 1.82) is 0 Å². The first-order valence-corrected chi connectivity index (χ1v) is 13.7. The van der Waals surface area contributed by atoms with Crippen molar-refractivity contribution >= 4 is 47.4 Å². The number of hydrogen-bond donors (Lipinski definition) is 0. The molecule has 40 heavy (non-hydrogen) atoms. The number of carbonyl (C=O) groups is 4. The van der Waals surface area contributed by atoms with Crippen LogP contribution in [0.2, 0.25) is 0 Å². The Morgan fingerprint density at radius 3 is 1.62 bits per heavy atom. The van der Waals surface area contributed by atoms with Gasteiger partial charge in [-0.1, -0.05) is 39.3 Å². The molecule has 1 aromatic carbocycles. The van der Waals surface area contributed by atoms with E-state index in [4.69, 9.17) is 18.9 Å². The summed E-state index contributed by atoms with van der Waals surface area (Å²) < 4.78 is 21.0. The first kappa shape index (κ1) is 40.3. The molecule has 0 N–H and O–H groups in total. The second-order valence-corrected chi connectivity index (χ2v) is 11.3. The molecule has 0 saturated carbocycles. The summed E-state index contributed by atoms with van der Waals surface area (Å²) in [6.45, 7) is 13.3. The molecule has 0 unspecified atom stereocenters. The van der Waals surface area contributed by atoms with Crippen molar-refractivity contribution in [1.82, 2.24) is 0 Å². The molecule has 0 aromatic heterocycles. The van der Waals surface area contributed by atoms with Gasteiger partial charge < -0.3 is 31.1 Å². The van der Waals surface area contributed by atoms with Crippen LogP contribution in [0.1, 0.15) is 52.0 Å². The quantitative estimate of drug-likeness (QED) is 0.0373. The molecule has 1 aliphatic heterocycles. The van der Waals surface area contributed by atoms with Crippen LogP contribution in [-0.2, 0) is 43.5 Å². The molecule has 0 aliphatic carbocycles. The minimum Gasteiger partial charge on any atom is -0.463 e. The Hall–Kier alpha value is 0.293.